The van der Waals surface area contributed by atoms with Crippen LogP contribution in [-0.4, -0.2) is 32.3 Å². The molecule has 2 aromatic rings. The number of rotatable bonds is 6. The van der Waals surface area contributed by atoms with Crippen molar-refractivity contribution in [3.8, 4) is 0 Å². The predicted molar refractivity (Wildman–Crippen MR) is 124 cm³/mol. The summed E-state index contributed by atoms with van der Waals surface area (Å²) in [6.45, 7) is 0. The quantitative estimate of drug-likeness (QED) is 0.210. The number of fused-ring (bicyclic) bond motifs is 2. The van der Waals surface area contributed by atoms with Gasteiger partial charge in [0.05, 0.1) is 21.0 Å². The lowest BCUT2D eigenvalue weighted by Gasteiger charge is -1.99. The van der Waals surface area contributed by atoms with Gasteiger partial charge in [-0.15, -0.1) is 0 Å². The minimum Gasteiger partial charge on any atom is -0.507 e. The lowest BCUT2D eigenvalue weighted by molar-refractivity contribution is -0.385. The highest BCUT2D eigenvalue weighted by Crippen LogP contribution is 2.37. The van der Waals surface area contributed by atoms with E-state index in [2.05, 4.69) is 0 Å². The van der Waals surface area contributed by atoms with Gasteiger partial charge in [-0.2, -0.15) is 0 Å². The first-order chi connectivity index (χ1) is 16.7. The number of nitro benzene ring substituents is 2. The Kier molecular flexibility index (Phi) is 5.86. The van der Waals surface area contributed by atoms with Gasteiger partial charge in [-0.25, -0.2) is 0 Å². The van der Waals surface area contributed by atoms with Crippen molar-refractivity contribution in [3.63, 3.8) is 0 Å². The van der Waals surface area contributed by atoms with E-state index in [0.717, 1.165) is 6.07 Å². The minimum absolute atomic E-state index is 0.0159. The van der Waals surface area contributed by atoms with Crippen LogP contribution < -0.4 is 0 Å². The van der Waals surface area contributed by atoms with Crippen molar-refractivity contribution < 1.29 is 29.3 Å². The first-order valence-corrected chi connectivity index (χ1v) is 10.1. The first-order valence-electron chi connectivity index (χ1n) is 10.1. The Morgan fingerprint density at radius 1 is 0.686 bits per heavy atom. The van der Waals surface area contributed by atoms with E-state index in [1.54, 1.807) is 0 Å². The van der Waals surface area contributed by atoms with Crippen molar-refractivity contribution in [2.24, 2.45) is 0 Å². The largest absolute Gasteiger partial charge is 0.507 e. The second-order valence-electron chi connectivity index (χ2n) is 7.37. The first kappa shape index (κ1) is 22.9. The monoisotopic (exact) mass is 470 g/mol. The van der Waals surface area contributed by atoms with Crippen molar-refractivity contribution >= 4 is 34.5 Å². The van der Waals surface area contributed by atoms with Crippen LogP contribution in [0.1, 0.15) is 36.6 Å². The molecule has 0 saturated carbocycles. The molecule has 0 aromatic heterocycles. The van der Waals surface area contributed by atoms with Gasteiger partial charge in [0.2, 0.25) is 11.6 Å². The van der Waals surface area contributed by atoms with E-state index < -0.39 is 38.6 Å². The molecule has 10 nitrogen and oxygen atoms in total. The highest BCUT2D eigenvalue weighted by Gasteiger charge is 2.38. The average Bonchev–Trinajstić information content (AvgIpc) is 3.23. The average molecular weight is 470 g/mol. The van der Waals surface area contributed by atoms with E-state index in [1.165, 1.54) is 72.9 Å². The van der Waals surface area contributed by atoms with Crippen LogP contribution in [0, 0.1) is 20.2 Å². The summed E-state index contributed by atoms with van der Waals surface area (Å²) in [5.74, 6) is -2.34. The molecule has 35 heavy (non-hydrogen) atoms. The molecule has 0 fully saturated rings. The van der Waals surface area contributed by atoms with Crippen molar-refractivity contribution in [2.75, 3.05) is 0 Å². The molecule has 0 saturated heterocycles. The summed E-state index contributed by atoms with van der Waals surface area (Å²) in [6, 6.07) is 7.85. The molecule has 0 aliphatic heterocycles. The number of nitro groups is 2. The van der Waals surface area contributed by atoms with Crippen LogP contribution in [0.15, 0.2) is 90.1 Å². The lowest BCUT2D eigenvalue weighted by atomic mass is 10.1. The highest BCUT2D eigenvalue weighted by atomic mass is 16.6. The number of carbonyl (C=O) groups excluding carboxylic acids is 3. The predicted octanol–water partition coefficient (Wildman–Crippen LogP) is 4.64. The molecule has 1 N–H and O–H groups in total. The summed E-state index contributed by atoms with van der Waals surface area (Å²) in [4.78, 5) is 58.4. The van der Waals surface area contributed by atoms with Crippen LogP contribution in [-0.2, 0) is 0 Å². The SMILES string of the molecule is O=C1\C(=C/C=C/C=C/C=C/C2=C(O)c3cccc([N+](=O)[O-])c3C2=O)C(=O)c2c1cccc2[N+](=O)[O-]. The molecule has 2 aliphatic carbocycles. The van der Waals surface area contributed by atoms with E-state index >= 15 is 0 Å². The number of ketones is 3. The number of hydrogen-bond acceptors (Lipinski definition) is 8. The molecular formula is C25H14N2O8. The molecule has 4 rings (SSSR count). The second kappa shape index (κ2) is 8.94. The number of aliphatic hydroxyl groups excluding tert-OH is 1. The van der Waals surface area contributed by atoms with Crippen molar-refractivity contribution in [2.45, 2.75) is 0 Å². The van der Waals surface area contributed by atoms with Crippen molar-refractivity contribution in [1.29, 1.82) is 0 Å². The number of benzene rings is 2. The third kappa shape index (κ3) is 3.89. The number of hydrogen-bond donors (Lipinski definition) is 1. The molecule has 0 radical (unpaired) electrons. The Morgan fingerprint density at radius 2 is 1.23 bits per heavy atom. The molecule has 2 aliphatic rings. The Bertz CT molecular complexity index is 1510. The fraction of sp³-hybridized carbons (Fsp3) is 0. The molecule has 0 unspecified atom stereocenters. The zero-order chi connectivity index (χ0) is 25.3. The number of nitrogens with zero attached hydrogens (tertiary/aromatic N) is 2. The third-order valence-corrected chi connectivity index (χ3v) is 5.39. The maximum atomic E-state index is 12.5. The Hall–Kier alpha value is -5.25. The fourth-order valence-corrected chi connectivity index (χ4v) is 3.82. The lowest BCUT2D eigenvalue weighted by Crippen LogP contribution is -2.02. The summed E-state index contributed by atoms with van der Waals surface area (Å²) in [7, 11) is 0. The molecule has 0 spiro atoms. The molecule has 2 aromatic carbocycles. The molecule has 0 bridgehead atoms. The molecule has 172 valence electrons. The normalized spacial score (nSPS) is 16.3. The van der Waals surface area contributed by atoms with Crippen LogP contribution in [0.5, 0.6) is 0 Å². The zero-order valence-corrected chi connectivity index (χ0v) is 17.7. The summed E-state index contributed by atoms with van der Waals surface area (Å²) in [5, 5.41) is 32.6. The van der Waals surface area contributed by atoms with Gasteiger partial charge in [-0.3, -0.25) is 34.6 Å². The van der Waals surface area contributed by atoms with Crippen molar-refractivity contribution in [3.05, 3.63) is 133 Å². The highest BCUT2D eigenvalue weighted by molar-refractivity contribution is 6.40. The minimum atomic E-state index is -0.721. The summed E-state index contributed by atoms with van der Waals surface area (Å²) in [6.07, 6.45) is 9.90. The fourth-order valence-electron chi connectivity index (χ4n) is 3.82. The van der Waals surface area contributed by atoms with E-state index in [1.807, 2.05) is 0 Å². The van der Waals surface area contributed by atoms with Crippen LogP contribution in [0.4, 0.5) is 11.4 Å². The van der Waals surface area contributed by atoms with Gasteiger partial charge >= 0.3 is 0 Å². The summed E-state index contributed by atoms with van der Waals surface area (Å²) >= 11 is 0. The second-order valence-corrected chi connectivity index (χ2v) is 7.37. The van der Waals surface area contributed by atoms with Gasteiger partial charge in [-0.05, 0) is 24.3 Å². The number of allylic oxidation sites excluding steroid dienone is 9. The Morgan fingerprint density at radius 3 is 1.86 bits per heavy atom. The molecular weight excluding hydrogens is 456 g/mol. The van der Waals surface area contributed by atoms with Gasteiger partial charge in [0.15, 0.2) is 5.78 Å². The maximum absolute atomic E-state index is 12.5. The van der Waals surface area contributed by atoms with Gasteiger partial charge in [0, 0.05) is 23.3 Å². The van der Waals surface area contributed by atoms with Crippen LogP contribution in [0.2, 0.25) is 0 Å². The standard InChI is InChI=1S/C25H14N2O8/c28-22-14-10-6-12-18(26(32)33)20(14)24(30)16(22)8-4-2-1-3-5-9-17-23(29)15-11-7-13-19(27(34)35)21(15)25(17)31/h1-13,28H/b2-1+,5-3+,8-4+,17-9+. The van der Waals surface area contributed by atoms with E-state index in [0.29, 0.717) is 0 Å². The Labute approximate surface area is 196 Å². The van der Waals surface area contributed by atoms with Gasteiger partial charge in [-0.1, -0.05) is 42.5 Å². The smallest absolute Gasteiger partial charge is 0.281 e. The molecule has 0 atom stereocenters. The molecule has 10 heteroatoms. The van der Waals surface area contributed by atoms with Crippen molar-refractivity contribution in [1.82, 2.24) is 0 Å². The molecule has 0 amide bonds. The number of carbonyl (C=O) groups is 3. The summed E-state index contributed by atoms with van der Waals surface area (Å²) < 4.78 is 0. The van der Waals surface area contributed by atoms with E-state index in [9.17, 15) is 39.7 Å². The van der Waals surface area contributed by atoms with Gasteiger partial charge in [0.25, 0.3) is 11.4 Å². The molecule has 0 heterocycles. The summed E-state index contributed by atoms with van der Waals surface area (Å²) in [5.41, 5.74) is -1.42. The van der Waals surface area contributed by atoms with Gasteiger partial charge < -0.3 is 5.11 Å². The maximum Gasteiger partial charge on any atom is 0.281 e. The van der Waals surface area contributed by atoms with Crippen LogP contribution in [0.25, 0.3) is 5.76 Å². The van der Waals surface area contributed by atoms with Gasteiger partial charge in [0.1, 0.15) is 16.9 Å². The number of Topliss-reactive ketones (excluding diaryl/α,β-unsaturated/α-hetero) is 3. The number of aliphatic hydroxyl groups is 1. The zero-order valence-electron chi connectivity index (χ0n) is 17.7. The Balaban J connectivity index is 1.47. The van der Waals surface area contributed by atoms with E-state index in [-0.39, 0.29) is 39.2 Å². The van der Waals surface area contributed by atoms with E-state index in [4.69, 9.17) is 0 Å². The topological polar surface area (TPSA) is 158 Å². The van der Waals surface area contributed by atoms with Crippen LogP contribution >= 0.6 is 0 Å². The third-order valence-electron chi connectivity index (χ3n) is 5.39. The van der Waals surface area contributed by atoms with Crippen LogP contribution in [0.3, 0.4) is 0 Å².